The number of benzene rings is 2. The largest absolute Gasteiger partial charge is 0.489 e. The number of carbonyl (C=O) groups excluding carboxylic acids is 2. The number of thioether (sulfide) groups is 1. The summed E-state index contributed by atoms with van der Waals surface area (Å²) in [5.74, 6) is 1.56. The molecule has 2 aromatic carbocycles. The molecule has 3 atom stereocenters. The van der Waals surface area contributed by atoms with Crippen LogP contribution in [0.4, 0.5) is 10.5 Å². The van der Waals surface area contributed by atoms with Gasteiger partial charge in [-0.3, -0.25) is 9.59 Å². The third kappa shape index (κ3) is 6.65. The molecule has 1 saturated heterocycles. The normalized spacial score (nSPS) is 18.5. The molecule has 8 nitrogen and oxygen atoms in total. The maximum atomic E-state index is 13.3. The molecular weight excluding hydrogens is 512 g/mol. The van der Waals surface area contributed by atoms with Gasteiger partial charge in [0.25, 0.3) is 5.56 Å². The highest BCUT2D eigenvalue weighted by Crippen LogP contribution is 2.35. The predicted octanol–water partition coefficient (Wildman–Crippen LogP) is 4.32. The van der Waals surface area contributed by atoms with Gasteiger partial charge in [0, 0.05) is 43.0 Å². The lowest BCUT2D eigenvalue weighted by Crippen LogP contribution is -2.55. The Morgan fingerprint density at radius 2 is 1.79 bits per heavy atom. The number of urea groups is 1. The van der Waals surface area contributed by atoms with Gasteiger partial charge in [-0.15, -0.1) is 0 Å². The lowest BCUT2D eigenvalue weighted by atomic mass is 9.83. The lowest BCUT2D eigenvalue weighted by Gasteiger charge is -2.43. The van der Waals surface area contributed by atoms with Crippen LogP contribution in [0.1, 0.15) is 30.0 Å². The summed E-state index contributed by atoms with van der Waals surface area (Å²) in [4.78, 5) is 40.6. The highest BCUT2D eigenvalue weighted by Gasteiger charge is 2.37. The molecule has 0 spiro atoms. The first-order valence-electron chi connectivity index (χ1n) is 13.3. The van der Waals surface area contributed by atoms with Crippen molar-refractivity contribution < 1.29 is 14.3 Å². The second kappa shape index (κ2) is 12.4. The topological polar surface area (TPSA) is 92.7 Å². The fourth-order valence-electron chi connectivity index (χ4n) is 5.41. The van der Waals surface area contributed by atoms with E-state index in [0.717, 1.165) is 23.4 Å². The van der Waals surface area contributed by atoms with Gasteiger partial charge in [0.05, 0.1) is 0 Å². The van der Waals surface area contributed by atoms with E-state index in [9.17, 15) is 14.4 Å². The molecule has 0 unspecified atom stereocenters. The smallest absolute Gasteiger partial charge is 0.318 e. The fourth-order valence-corrected chi connectivity index (χ4v) is 5.88. The Kier molecular flexibility index (Phi) is 8.56. The Morgan fingerprint density at radius 3 is 2.56 bits per heavy atom. The zero-order chi connectivity index (χ0) is 27.2. The van der Waals surface area contributed by atoms with Crippen molar-refractivity contribution in [2.75, 3.05) is 30.4 Å². The molecule has 2 aliphatic heterocycles. The van der Waals surface area contributed by atoms with Crippen molar-refractivity contribution in [2.45, 2.75) is 38.0 Å². The van der Waals surface area contributed by atoms with Crippen LogP contribution < -0.4 is 20.9 Å². The van der Waals surface area contributed by atoms with Crippen LogP contribution in [-0.2, 0) is 17.9 Å². The molecule has 2 aliphatic rings. The summed E-state index contributed by atoms with van der Waals surface area (Å²) in [7, 11) is 0. The monoisotopic (exact) mass is 546 g/mol. The average Bonchev–Trinajstić information content (AvgIpc) is 2.95. The third-order valence-electron chi connectivity index (χ3n) is 7.36. The second-order valence-electron chi connectivity index (χ2n) is 10.2. The molecule has 2 N–H and O–H groups in total. The van der Waals surface area contributed by atoms with Crippen molar-refractivity contribution in [1.82, 2.24) is 14.8 Å². The maximum absolute atomic E-state index is 13.3. The van der Waals surface area contributed by atoms with Crippen molar-refractivity contribution in [2.24, 2.45) is 5.92 Å². The number of anilines is 1. The van der Waals surface area contributed by atoms with E-state index in [-0.39, 0.29) is 29.3 Å². The van der Waals surface area contributed by atoms with Crippen molar-refractivity contribution in [1.29, 1.82) is 0 Å². The number of nitrogens with zero attached hydrogens (tertiary/aromatic N) is 2. The van der Waals surface area contributed by atoms with Crippen molar-refractivity contribution in [3.8, 4) is 5.75 Å². The molecule has 39 heavy (non-hydrogen) atoms. The molecule has 0 radical (unpaired) electrons. The average molecular weight is 547 g/mol. The van der Waals surface area contributed by atoms with Crippen LogP contribution in [0.25, 0.3) is 0 Å². The molecular formula is C30H34N4O4S. The van der Waals surface area contributed by atoms with E-state index in [1.54, 1.807) is 40.9 Å². The van der Waals surface area contributed by atoms with Crippen LogP contribution >= 0.6 is 11.8 Å². The SMILES string of the molecule is CSCC[C@H](NC(=O)N1C[C@@H]2C[C@H](C1)c1cccc(=O)n1C2)C(=O)Nc1ccc(OCc2ccccc2)cc1. The van der Waals surface area contributed by atoms with Gasteiger partial charge in [0.1, 0.15) is 18.4 Å². The van der Waals surface area contributed by atoms with E-state index in [2.05, 4.69) is 10.6 Å². The second-order valence-corrected chi connectivity index (χ2v) is 11.2. The number of pyridine rings is 1. The number of hydrogen-bond donors (Lipinski definition) is 2. The number of fused-ring (bicyclic) bond motifs is 4. The molecule has 2 bridgehead atoms. The number of carbonyl (C=O) groups is 2. The Morgan fingerprint density at radius 1 is 1.00 bits per heavy atom. The van der Waals surface area contributed by atoms with Crippen molar-refractivity contribution in [3.63, 3.8) is 0 Å². The van der Waals surface area contributed by atoms with E-state index >= 15 is 0 Å². The summed E-state index contributed by atoms with van der Waals surface area (Å²) >= 11 is 1.64. The first kappa shape index (κ1) is 26.9. The quantitative estimate of drug-likeness (QED) is 0.417. The molecule has 1 fully saturated rings. The Bertz CT molecular complexity index is 1350. The Labute approximate surface area is 232 Å². The van der Waals surface area contributed by atoms with E-state index < -0.39 is 6.04 Å². The van der Waals surface area contributed by atoms with Crippen LogP contribution in [0.3, 0.4) is 0 Å². The summed E-state index contributed by atoms with van der Waals surface area (Å²) in [6.07, 6.45) is 3.47. The van der Waals surface area contributed by atoms with Crippen LogP contribution in [0.5, 0.6) is 5.75 Å². The number of rotatable bonds is 9. The van der Waals surface area contributed by atoms with E-state index in [1.165, 1.54) is 0 Å². The maximum Gasteiger partial charge on any atom is 0.318 e. The van der Waals surface area contributed by atoms with Crippen LogP contribution in [-0.4, -0.2) is 52.5 Å². The molecule has 0 saturated carbocycles. The minimum atomic E-state index is -0.657. The molecule has 3 heterocycles. The summed E-state index contributed by atoms with van der Waals surface area (Å²) in [5.41, 5.74) is 2.73. The minimum absolute atomic E-state index is 0.0182. The first-order valence-corrected chi connectivity index (χ1v) is 14.7. The van der Waals surface area contributed by atoms with Gasteiger partial charge >= 0.3 is 6.03 Å². The number of nitrogens with one attached hydrogen (secondary N) is 2. The fraction of sp³-hybridized carbons (Fsp3) is 0.367. The van der Waals surface area contributed by atoms with E-state index in [0.29, 0.717) is 44.1 Å². The molecule has 0 aliphatic carbocycles. The van der Waals surface area contributed by atoms with Crippen LogP contribution in [0.15, 0.2) is 77.6 Å². The summed E-state index contributed by atoms with van der Waals surface area (Å²) in [5, 5.41) is 5.93. The summed E-state index contributed by atoms with van der Waals surface area (Å²) in [6.45, 7) is 2.20. The number of amides is 3. The van der Waals surface area contributed by atoms with E-state index in [1.807, 2.05) is 59.4 Å². The number of hydrogen-bond acceptors (Lipinski definition) is 5. The number of likely N-dealkylation sites (tertiary alicyclic amines) is 1. The van der Waals surface area contributed by atoms with Gasteiger partial charge in [-0.05, 0) is 66.7 Å². The highest BCUT2D eigenvalue weighted by molar-refractivity contribution is 7.98. The molecule has 3 aromatic rings. The van der Waals surface area contributed by atoms with Gasteiger partial charge in [0.2, 0.25) is 5.91 Å². The van der Waals surface area contributed by atoms with Crippen LogP contribution in [0, 0.1) is 5.92 Å². The van der Waals surface area contributed by atoms with Crippen molar-refractivity contribution in [3.05, 3.63) is 94.4 Å². The molecule has 1 aromatic heterocycles. The van der Waals surface area contributed by atoms with Gasteiger partial charge < -0.3 is 24.8 Å². The highest BCUT2D eigenvalue weighted by atomic mass is 32.2. The van der Waals surface area contributed by atoms with Gasteiger partial charge in [-0.25, -0.2) is 4.79 Å². The van der Waals surface area contributed by atoms with Gasteiger partial charge in [-0.1, -0.05) is 36.4 Å². The molecule has 5 rings (SSSR count). The van der Waals surface area contributed by atoms with Gasteiger partial charge in [0.15, 0.2) is 0 Å². The summed E-state index contributed by atoms with van der Waals surface area (Å²) in [6, 6.07) is 21.7. The predicted molar refractivity (Wildman–Crippen MR) is 154 cm³/mol. The number of ether oxygens (including phenoxy) is 1. The number of piperidine rings is 1. The summed E-state index contributed by atoms with van der Waals surface area (Å²) < 4.78 is 7.68. The molecule has 3 amide bonds. The Hall–Kier alpha value is -3.72. The van der Waals surface area contributed by atoms with Crippen LogP contribution in [0.2, 0.25) is 0 Å². The van der Waals surface area contributed by atoms with Crippen molar-refractivity contribution >= 4 is 29.4 Å². The van der Waals surface area contributed by atoms with E-state index in [4.69, 9.17) is 4.74 Å². The minimum Gasteiger partial charge on any atom is -0.489 e. The standard InChI is InChI=1S/C30H34N4O4S/c1-39-15-14-26(29(36)31-24-10-12-25(13-11-24)38-20-21-6-3-2-4-7-21)32-30(37)33-17-22-16-23(19-33)27-8-5-9-28(35)34(27)18-22/h2-13,22-23,26H,14-20H2,1H3,(H,31,36)(H,32,37)/t22-,23+,26-/m0/s1. The Balaban J connectivity index is 1.19. The molecule has 204 valence electrons. The number of aromatic nitrogens is 1. The lowest BCUT2D eigenvalue weighted by molar-refractivity contribution is -0.118. The zero-order valence-corrected chi connectivity index (χ0v) is 22.9. The third-order valence-corrected chi connectivity index (χ3v) is 8.01. The molecule has 9 heteroatoms. The zero-order valence-electron chi connectivity index (χ0n) is 22.0. The first-order chi connectivity index (χ1) is 19.0. The van der Waals surface area contributed by atoms with Gasteiger partial charge in [-0.2, -0.15) is 11.8 Å².